The third-order valence-corrected chi connectivity index (χ3v) is 6.02. The van der Waals surface area contributed by atoms with Gasteiger partial charge in [-0.2, -0.15) is 0 Å². The number of pyridine rings is 1. The quantitative estimate of drug-likeness (QED) is 0.901. The normalized spacial score (nSPS) is 18.1. The van der Waals surface area contributed by atoms with Gasteiger partial charge in [-0.1, -0.05) is 25.3 Å². The summed E-state index contributed by atoms with van der Waals surface area (Å²) < 4.78 is 24.6. The van der Waals surface area contributed by atoms with E-state index in [4.69, 9.17) is 0 Å². The summed E-state index contributed by atoms with van der Waals surface area (Å²) in [6, 6.07) is 4.67. The lowest BCUT2D eigenvalue weighted by Crippen LogP contribution is -2.40. The summed E-state index contributed by atoms with van der Waals surface area (Å²) in [7, 11) is -3.71. The summed E-state index contributed by atoms with van der Waals surface area (Å²) in [6.45, 7) is 1.99. The molecule has 1 aromatic rings. The van der Waals surface area contributed by atoms with Gasteiger partial charge >= 0.3 is 0 Å². The monoisotopic (exact) mass is 310 g/mol. The molecule has 5 nitrogen and oxygen atoms in total. The first-order valence-electron chi connectivity index (χ1n) is 7.44. The zero-order chi connectivity index (χ0) is 15.3. The van der Waals surface area contributed by atoms with E-state index in [0.717, 1.165) is 12.8 Å². The molecule has 1 saturated carbocycles. The number of carbonyl (C=O) groups is 1. The van der Waals surface area contributed by atoms with Crippen LogP contribution in [0.2, 0.25) is 0 Å². The van der Waals surface area contributed by atoms with Crippen LogP contribution in [0.15, 0.2) is 29.4 Å². The molecule has 1 heterocycles. The number of aromatic nitrogens is 1. The highest BCUT2D eigenvalue weighted by atomic mass is 32.2. The molecule has 0 radical (unpaired) electrons. The largest absolute Gasteiger partial charge is 0.355 e. The maximum atomic E-state index is 12.3. The third kappa shape index (κ3) is 4.03. The lowest BCUT2D eigenvalue weighted by atomic mass is 9.89. The van der Waals surface area contributed by atoms with Crippen molar-refractivity contribution in [2.75, 3.05) is 6.54 Å². The Bertz CT molecular complexity index is 566. The SMILES string of the molecule is CC(C(=O)NCC1CCCCC1)S(=O)(=O)c1ccccn1. The first-order valence-corrected chi connectivity index (χ1v) is 8.99. The lowest BCUT2D eigenvalue weighted by Gasteiger charge is -2.22. The van der Waals surface area contributed by atoms with Crippen molar-refractivity contribution in [3.8, 4) is 0 Å². The van der Waals surface area contributed by atoms with Gasteiger partial charge in [0, 0.05) is 12.7 Å². The fourth-order valence-corrected chi connectivity index (χ4v) is 3.82. The van der Waals surface area contributed by atoms with E-state index in [2.05, 4.69) is 10.3 Å². The summed E-state index contributed by atoms with van der Waals surface area (Å²) in [4.78, 5) is 15.9. The first kappa shape index (κ1) is 15.9. The molecule has 1 aromatic heterocycles. The van der Waals surface area contributed by atoms with Gasteiger partial charge < -0.3 is 5.32 Å². The summed E-state index contributed by atoms with van der Waals surface area (Å²) in [5.41, 5.74) is 0. The molecule has 0 aromatic carbocycles. The summed E-state index contributed by atoms with van der Waals surface area (Å²) >= 11 is 0. The third-order valence-electron chi connectivity index (χ3n) is 4.05. The number of nitrogens with one attached hydrogen (secondary N) is 1. The maximum Gasteiger partial charge on any atom is 0.238 e. The lowest BCUT2D eigenvalue weighted by molar-refractivity contribution is -0.120. The Morgan fingerprint density at radius 3 is 2.67 bits per heavy atom. The Kier molecular flexibility index (Phi) is 5.33. The number of carbonyl (C=O) groups excluding carboxylic acids is 1. The Balaban J connectivity index is 1.95. The number of hydrogen-bond acceptors (Lipinski definition) is 4. The van der Waals surface area contributed by atoms with Crippen LogP contribution in [0.3, 0.4) is 0 Å². The minimum absolute atomic E-state index is 0.0506. The van der Waals surface area contributed by atoms with E-state index in [1.54, 1.807) is 12.1 Å². The van der Waals surface area contributed by atoms with Crippen LogP contribution < -0.4 is 5.32 Å². The minimum Gasteiger partial charge on any atom is -0.355 e. The molecule has 1 aliphatic rings. The Hall–Kier alpha value is -1.43. The standard InChI is InChI=1S/C15H22N2O3S/c1-12(21(19,20)14-9-5-6-10-16-14)15(18)17-11-13-7-3-2-4-8-13/h5-6,9-10,12-13H,2-4,7-8,11H2,1H3,(H,17,18). The highest BCUT2D eigenvalue weighted by Gasteiger charge is 2.31. The van der Waals surface area contributed by atoms with Gasteiger partial charge in [0.2, 0.25) is 15.7 Å². The number of hydrogen-bond donors (Lipinski definition) is 1. The molecule has 1 N–H and O–H groups in total. The Labute approximate surface area is 126 Å². The summed E-state index contributed by atoms with van der Waals surface area (Å²) in [5, 5.41) is 1.62. The first-order chi connectivity index (χ1) is 10.0. The van der Waals surface area contributed by atoms with Gasteiger partial charge in [0.1, 0.15) is 5.25 Å². The van der Waals surface area contributed by atoms with Crippen molar-refractivity contribution in [1.82, 2.24) is 10.3 Å². The second kappa shape index (κ2) is 7.02. The van der Waals surface area contributed by atoms with E-state index in [0.29, 0.717) is 12.5 Å². The molecule has 2 rings (SSSR count). The van der Waals surface area contributed by atoms with E-state index in [9.17, 15) is 13.2 Å². The van der Waals surface area contributed by atoms with E-state index in [1.165, 1.54) is 38.4 Å². The molecule has 1 aliphatic carbocycles. The fraction of sp³-hybridized carbons (Fsp3) is 0.600. The van der Waals surface area contributed by atoms with E-state index in [1.807, 2.05) is 0 Å². The van der Waals surface area contributed by atoms with E-state index in [-0.39, 0.29) is 5.03 Å². The zero-order valence-electron chi connectivity index (χ0n) is 12.3. The smallest absolute Gasteiger partial charge is 0.238 e. The molecular weight excluding hydrogens is 288 g/mol. The summed E-state index contributed by atoms with van der Waals surface area (Å²) in [5.74, 6) is 0.0404. The highest BCUT2D eigenvalue weighted by molar-refractivity contribution is 7.92. The van der Waals surface area contributed by atoms with Crippen molar-refractivity contribution in [3.63, 3.8) is 0 Å². The van der Waals surface area contributed by atoms with E-state index < -0.39 is 21.0 Å². The number of sulfone groups is 1. The number of nitrogens with zero attached hydrogens (tertiary/aromatic N) is 1. The van der Waals surface area contributed by atoms with E-state index >= 15 is 0 Å². The van der Waals surface area contributed by atoms with Gasteiger partial charge in [0.25, 0.3) is 0 Å². The van der Waals surface area contributed by atoms with Gasteiger partial charge in [-0.25, -0.2) is 13.4 Å². The van der Waals surface area contributed by atoms with Crippen molar-refractivity contribution < 1.29 is 13.2 Å². The molecule has 1 unspecified atom stereocenters. The van der Waals surface area contributed by atoms with Gasteiger partial charge in [-0.3, -0.25) is 4.79 Å². The molecule has 0 saturated heterocycles. The number of amides is 1. The zero-order valence-corrected chi connectivity index (χ0v) is 13.1. The minimum atomic E-state index is -3.71. The molecule has 1 amide bonds. The number of rotatable bonds is 5. The van der Waals surface area contributed by atoms with Crippen molar-refractivity contribution >= 4 is 15.7 Å². The molecule has 1 fully saturated rings. The maximum absolute atomic E-state index is 12.3. The van der Waals surface area contributed by atoms with Crippen LogP contribution in [0.4, 0.5) is 0 Å². The van der Waals surface area contributed by atoms with Crippen LogP contribution in [0.1, 0.15) is 39.0 Å². The molecular formula is C15H22N2O3S. The van der Waals surface area contributed by atoms with Crippen LogP contribution in [-0.2, 0) is 14.6 Å². The predicted octanol–water partition coefficient (Wildman–Crippen LogP) is 1.94. The van der Waals surface area contributed by atoms with Crippen molar-refractivity contribution in [1.29, 1.82) is 0 Å². The van der Waals surface area contributed by atoms with Gasteiger partial charge in [-0.15, -0.1) is 0 Å². The fourth-order valence-electron chi connectivity index (χ4n) is 2.62. The van der Waals surface area contributed by atoms with Gasteiger partial charge in [0.15, 0.2) is 5.03 Å². The molecule has 0 aliphatic heterocycles. The van der Waals surface area contributed by atoms with Crippen molar-refractivity contribution in [2.24, 2.45) is 5.92 Å². The predicted molar refractivity (Wildman–Crippen MR) is 80.5 cm³/mol. The van der Waals surface area contributed by atoms with Crippen LogP contribution in [0.5, 0.6) is 0 Å². The van der Waals surface area contributed by atoms with Crippen molar-refractivity contribution in [3.05, 3.63) is 24.4 Å². The highest BCUT2D eigenvalue weighted by Crippen LogP contribution is 2.23. The molecule has 0 spiro atoms. The average Bonchev–Trinajstić information content (AvgIpc) is 2.53. The van der Waals surface area contributed by atoms with Crippen molar-refractivity contribution in [2.45, 2.75) is 49.3 Å². The second-order valence-electron chi connectivity index (χ2n) is 5.60. The molecule has 6 heteroatoms. The molecule has 1 atom stereocenters. The summed E-state index contributed by atoms with van der Waals surface area (Å²) in [6.07, 6.45) is 7.29. The molecule has 0 bridgehead atoms. The van der Waals surface area contributed by atoms with Gasteiger partial charge in [0.05, 0.1) is 0 Å². The topological polar surface area (TPSA) is 76.1 Å². The average molecular weight is 310 g/mol. The molecule has 21 heavy (non-hydrogen) atoms. The van der Waals surface area contributed by atoms with Gasteiger partial charge in [-0.05, 0) is 37.8 Å². The molecule has 116 valence electrons. The van der Waals surface area contributed by atoms with Crippen LogP contribution in [-0.4, -0.2) is 31.1 Å². The van der Waals surface area contributed by atoms with Crippen LogP contribution >= 0.6 is 0 Å². The van der Waals surface area contributed by atoms with Crippen LogP contribution in [0.25, 0.3) is 0 Å². The van der Waals surface area contributed by atoms with Crippen LogP contribution in [0, 0.1) is 5.92 Å². The Morgan fingerprint density at radius 1 is 1.33 bits per heavy atom. The Morgan fingerprint density at radius 2 is 2.05 bits per heavy atom. The second-order valence-corrected chi connectivity index (χ2v) is 7.82.